The highest BCUT2D eigenvalue weighted by Crippen LogP contribution is 1.91. The van der Waals surface area contributed by atoms with E-state index in [1.165, 1.54) is 6.92 Å². The molecule has 5 N–H and O–H groups in total. The van der Waals surface area contributed by atoms with Crippen LogP contribution in [0.3, 0.4) is 0 Å². The molecule has 0 aromatic heterocycles. The van der Waals surface area contributed by atoms with Crippen LogP contribution in [0.1, 0.15) is 6.92 Å². The first-order valence-electron chi connectivity index (χ1n) is 2.71. The van der Waals surface area contributed by atoms with Gasteiger partial charge in [-0.1, -0.05) is 0 Å². The van der Waals surface area contributed by atoms with Gasteiger partial charge in [-0.3, -0.25) is 4.79 Å². The van der Waals surface area contributed by atoms with Gasteiger partial charge in [0.15, 0.2) is 18.0 Å². The number of Topliss-reactive ketones (excluding diaryl/α,β-unsaturated/α-hetero) is 1. The molecule has 4 heteroatoms. The topological polar surface area (TPSA) is 86.2 Å². The van der Waals surface area contributed by atoms with E-state index in [1.807, 2.05) is 0 Å². The van der Waals surface area contributed by atoms with E-state index in [1.54, 1.807) is 0 Å². The lowest BCUT2D eigenvalue weighted by Gasteiger charge is -2.06. The fourth-order valence-electron chi connectivity index (χ4n) is 0.400. The zero-order valence-electron chi connectivity index (χ0n) is 5.29. The first-order valence-corrected chi connectivity index (χ1v) is 2.71. The van der Waals surface area contributed by atoms with Crippen molar-refractivity contribution in [3.8, 4) is 0 Å². The van der Waals surface area contributed by atoms with Gasteiger partial charge in [-0.15, -0.1) is 0 Å². The number of hydrogen-bond acceptors (Lipinski definition) is 3. The molecule has 2 atom stereocenters. The lowest BCUT2D eigenvalue weighted by atomic mass is 10.1. The molecular weight excluding hydrogens is 122 g/mol. The van der Waals surface area contributed by atoms with E-state index in [4.69, 9.17) is 15.9 Å². The molecule has 4 nitrogen and oxygen atoms in total. The molecule has 0 aliphatic heterocycles. The molecule has 0 spiro atoms. The van der Waals surface area contributed by atoms with Gasteiger partial charge in [0.1, 0.15) is 0 Å². The van der Waals surface area contributed by atoms with Crippen molar-refractivity contribution in [3.63, 3.8) is 0 Å². The Bertz CT molecular complexity index is 102. The van der Waals surface area contributed by atoms with Gasteiger partial charge in [-0.05, 0) is 0 Å². The number of carbonyl (C=O) groups is 1. The highest BCUT2D eigenvalue weighted by Gasteiger charge is 2.21. The van der Waals surface area contributed by atoms with Crippen LogP contribution in [0, 0.1) is 0 Å². The molecule has 0 saturated heterocycles. The Morgan fingerprint density at radius 1 is 1.89 bits per heavy atom. The summed E-state index contributed by atoms with van der Waals surface area (Å²) in [4.78, 5) is 10.5. The molecule has 0 saturated carbocycles. The summed E-state index contributed by atoms with van der Waals surface area (Å²) in [5.41, 5.74) is 4.92. The number of aliphatic hydroxyl groups is 1. The van der Waals surface area contributed by atoms with Gasteiger partial charge in [-0.25, -0.2) is 0 Å². The summed E-state index contributed by atoms with van der Waals surface area (Å²) >= 11 is 0. The third-order valence-corrected chi connectivity index (χ3v) is 1.00. The second-order valence-corrected chi connectivity index (χ2v) is 1.90. The van der Waals surface area contributed by atoms with Crippen LogP contribution in [-0.2, 0) is 4.79 Å². The quantitative estimate of drug-likeness (QED) is 0.437. The van der Waals surface area contributed by atoms with E-state index >= 15 is 0 Å². The molecule has 0 radical (unpaired) electrons. The molecule has 0 aromatic rings. The maximum Gasteiger partial charge on any atom is 0.185 e. The molecule has 0 aromatic carbocycles. The molecule has 0 amide bonds. The van der Waals surface area contributed by atoms with Crippen LogP contribution < -0.4 is 5.73 Å². The standard InChI is InChI=1S/C5H11NO3/c1-3(7)5(9)4(8)2-6/h3,5,7,9H,2,6H2,1H3/p+1/t3-,5?/m0/s1. The van der Waals surface area contributed by atoms with Gasteiger partial charge >= 0.3 is 0 Å². The van der Waals surface area contributed by atoms with Gasteiger partial charge in [0.25, 0.3) is 0 Å². The first-order chi connectivity index (χ1) is 4.09. The molecule has 0 bridgehead atoms. The van der Waals surface area contributed by atoms with E-state index in [-0.39, 0.29) is 6.54 Å². The Labute approximate surface area is 53.3 Å². The maximum absolute atomic E-state index is 10.5. The van der Waals surface area contributed by atoms with E-state index in [2.05, 4.69) is 0 Å². The minimum atomic E-state index is -1.21. The van der Waals surface area contributed by atoms with Crippen molar-refractivity contribution in [1.82, 2.24) is 0 Å². The third-order valence-electron chi connectivity index (χ3n) is 1.00. The largest absolute Gasteiger partial charge is 0.441 e. The Morgan fingerprint density at radius 2 is 2.33 bits per heavy atom. The van der Waals surface area contributed by atoms with Crippen molar-refractivity contribution in [2.45, 2.75) is 19.1 Å². The number of nitrogens with two attached hydrogens (primary N) is 1. The summed E-state index contributed by atoms with van der Waals surface area (Å²) < 4.78 is 0. The number of carbonyl (C=O) groups excluding carboxylic acids is 1. The van der Waals surface area contributed by atoms with Crippen LogP contribution in [0.2, 0.25) is 0 Å². The molecule has 0 heterocycles. The summed E-state index contributed by atoms with van der Waals surface area (Å²) in [6.07, 6.45) is -1.99. The van der Waals surface area contributed by atoms with Gasteiger partial charge in [0.05, 0.1) is 6.54 Å². The predicted molar refractivity (Wildman–Crippen MR) is 33.1 cm³/mol. The van der Waals surface area contributed by atoms with E-state index in [0.717, 1.165) is 0 Å². The van der Waals surface area contributed by atoms with Gasteiger partial charge in [0, 0.05) is 6.92 Å². The minimum Gasteiger partial charge on any atom is -0.441 e. The van der Waals surface area contributed by atoms with E-state index in [0.29, 0.717) is 0 Å². The lowest BCUT2D eigenvalue weighted by molar-refractivity contribution is -0.130. The minimum absolute atomic E-state index is 0.190. The van der Waals surface area contributed by atoms with Crippen LogP contribution >= 0.6 is 0 Å². The van der Waals surface area contributed by atoms with Crippen LogP contribution in [0.25, 0.3) is 0 Å². The fraction of sp³-hybridized carbons (Fsp3) is 0.800. The van der Waals surface area contributed by atoms with E-state index < -0.39 is 18.0 Å². The fourth-order valence-corrected chi connectivity index (χ4v) is 0.400. The van der Waals surface area contributed by atoms with Crippen LogP contribution in [-0.4, -0.2) is 34.7 Å². The monoisotopic (exact) mass is 134 g/mol. The molecule has 0 rings (SSSR count). The Balaban J connectivity index is 3.72. The summed E-state index contributed by atoms with van der Waals surface area (Å²) in [6, 6.07) is 0. The summed E-state index contributed by atoms with van der Waals surface area (Å²) in [7, 11) is 0. The molecular formula is C5H12NO3+. The number of rotatable bonds is 3. The van der Waals surface area contributed by atoms with Crippen LogP contribution in [0.4, 0.5) is 0 Å². The average Bonchev–Trinajstić information content (AvgIpc) is 1.84. The number of aliphatic hydroxyl groups excluding tert-OH is 1. The molecule has 1 unspecified atom stereocenters. The molecule has 0 aliphatic carbocycles. The van der Waals surface area contributed by atoms with Gasteiger partial charge in [0.2, 0.25) is 0 Å². The highest BCUT2D eigenvalue weighted by molar-refractivity contribution is 5.84. The van der Waals surface area contributed by atoms with Crippen molar-refractivity contribution in [2.75, 3.05) is 6.54 Å². The second kappa shape index (κ2) is 3.55. The number of ketones is 1. The summed E-state index contributed by atoms with van der Waals surface area (Å²) in [6.45, 7) is 1.25. The smallest absolute Gasteiger partial charge is 0.185 e. The molecule has 0 fully saturated rings. The van der Waals surface area contributed by atoms with Crippen molar-refractivity contribution in [1.29, 1.82) is 0 Å². The zero-order valence-corrected chi connectivity index (χ0v) is 5.29. The Kier molecular flexibility index (Phi) is 3.37. The van der Waals surface area contributed by atoms with Crippen molar-refractivity contribution >= 4 is 5.78 Å². The predicted octanol–water partition coefficient (Wildman–Crippen LogP) is -2.01. The van der Waals surface area contributed by atoms with Gasteiger partial charge < -0.3 is 15.9 Å². The molecule has 0 aliphatic rings. The van der Waals surface area contributed by atoms with E-state index in [9.17, 15) is 4.79 Å². The maximum atomic E-state index is 10.5. The third kappa shape index (κ3) is 2.55. The SMILES string of the molecule is C[C@H]([OH2+])C(O)C(=O)CN. The molecule has 9 heavy (non-hydrogen) atoms. The Hall–Kier alpha value is -0.450. The van der Waals surface area contributed by atoms with Gasteiger partial charge in [-0.2, -0.15) is 0 Å². The average molecular weight is 134 g/mol. The summed E-state index contributed by atoms with van der Waals surface area (Å²) in [5, 5.41) is 15.7. The lowest BCUT2D eigenvalue weighted by Crippen LogP contribution is -2.35. The Morgan fingerprint density at radius 3 is 2.44 bits per heavy atom. The first kappa shape index (κ1) is 8.55. The number of hydrogen-bond donors (Lipinski definition) is 2. The van der Waals surface area contributed by atoms with Crippen molar-refractivity contribution < 1.29 is 15.0 Å². The van der Waals surface area contributed by atoms with Crippen molar-refractivity contribution in [2.24, 2.45) is 5.73 Å². The van der Waals surface area contributed by atoms with Crippen LogP contribution in [0.15, 0.2) is 0 Å². The van der Waals surface area contributed by atoms with Crippen LogP contribution in [0.5, 0.6) is 0 Å². The highest BCUT2D eigenvalue weighted by atomic mass is 16.3. The molecule has 54 valence electrons. The summed E-state index contributed by atoms with van der Waals surface area (Å²) in [5.74, 6) is -0.475. The van der Waals surface area contributed by atoms with Crippen molar-refractivity contribution in [3.05, 3.63) is 0 Å². The second-order valence-electron chi connectivity index (χ2n) is 1.90. The zero-order chi connectivity index (χ0) is 7.44. The normalized spacial score (nSPS) is 16.9.